The Balaban J connectivity index is 1.32. The fraction of sp³-hybridized carbons (Fsp3) is 0.417. The van der Waals surface area contributed by atoms with Crippen molar-refractivity contribution in [1.82, 2.24) is 10.1 Å². The van der Waals surface area contributed by atoms with Crippen LogP contribution >= 0.6 is 0 Å². The monoisotopic (exact) mass is 439 g/mol. The lowest BCUT2D eigenvalue weighted by Crippen LogP contribution is -2.06. The number of hydrogen-bond acceptors (Lipinski definition) is 8. The zero-order valence-corrected chi connectivity index (χ0v) is 18.7. The molecule has 3 heterocycles. The summed E-state index contributed by atoms with van der Waals surface area (Å²) in [6, 6.07) is 12.0. The number of nitrogens with zero attached hydrogens (tertiary/aromatic N) is 2. The van der Waals surface area contributed by atoms with Gasteiger partial charge in [0.2, 0.25) is 6.79 Å². The van der Waals surface area contributed by atoms with Crippen LogP contribution in [-0.2, 0) is 24.2 Å². The van der Waals surface area contributed by atoms with E-state index in [1.54, 1.807) is 7.11 Å². The fourth-order valence-corrected chi connectivity index (χ4v) is 3.78. The standard InChI is InChI=1S/C24H29N3O5/c1-4-16(17-6-8-21-22(12-17)31-15-30-21)11-20-13-23(27-32-20)29-10-9-19-7-5-18(14-28-3)24(25-2)26-19/h5-8,12-13,16H,4,9-11,14-15H2,1-3H3,(H,25,26). The maximum absolute atomic E-state index is 5.80. The summed E-state index contributed by atoms with van der Waals surface area (Å²) in [4.78, 5) is 4.62. The molecule has 0 saturated carbocycles. The number of fused-ring (bicyclic) bond motifs is 1. The predicted molar refractivity (Wildman–Crippen MR) is 119 cm³/mol. The van der Waals surface area contributed by atoms with Gasteiger partial charge in [0.05, 0.1) is 13.2 Å². The largest absolute Gasteiger partial charge is 0.475 e. The van der Waals surface area contributed by atoms with Gasteiger partial charge >= 0.3 is 0 Å². The van der Waals surface area contributed by atoms with Gasteiger partial charge in [-0.1, -0.05) is 19.1 Å². The summed E-state index contributed by atoms with van der Waals surface area (Å²) in [5, 5.41) is 7.18. The van der Waals surface area contributed by atoms with Crippen LogP contribution in [0.5, 0.6) is 17.4 Å². The smallest absolute Gasteiger partial charge is 0.254 e. The third kappa shape index (κ3) is 5.13. The molecule has 0 radical (unpaired) electrons. The minimum atomic E-state index is 0.279. The third-order valence-electron chi connectivity index (χ3n) is 5.53. The van der Waals surface area contributed by atoms with Crippen molar-refractivity contribution >= 4 is 5.82 Å². The van der Waals surface area contributed by atoms with Crippen LogP contribution in [0, 0.1) is 0 Å². The van der Waals surface area contributed by atoms with Crippen LogP contribution < -0.4 is 19.5 Å². The molecule has 0 amide bonds. The molecular formula is C24H29N3O5. The first-order chi connectivity index (χ1) is 15.7. The number of nitrogens with one attached hydrogen (secondary N) is 1. The van der Waals surface area contributed by atoms with E-state index in [1.807, 2.05) is 31.3 Å². The molecule has 0 fully saturated rings. The summed E-state index contributed by atoms with van der Waals surface area (Å²) >= 11 is 0. The highest BCUT2D eigenvalue weighted by Gasteiger charge is 2.19. The molecule has 3 aromatic rings. The fourth-order valence-electron chi connectivity index (χ4n) is 3.78. The zero-order chi connectivity index (χ0) is 22.3. The number of aromatic nitrogens is 2. The first-order valence-corrected chi connectivity index (χ1v) is 10.8. The molecule has 0 spiro atoms. The molecule has 0 saturated heterocycles. The SMILES string of the molecule is CCC(Cc1cc(OCCc2ccc(COC)c(NC)n2)no1)c1ccc2c(c1)OCO2. The van der Waals surface area contributed by atoms with Gasteiger partial charge in [-0.05, 0) is 41.3 Å². The van der Waals surface area contributed by atoms with Crippen LogP contribution in [0.1, 0.15) is 41.8 Å². The summed E-state index contributed by atoms with van der Waals surface area (Å²) in [6.45, 7) is 3.42. The van der Waals surface area contributed by atoms with Crippen molar-refractivity contribution in [3.8, 4) is 17.4 Å². The number of methoxy groups -OCH3 is 1. The Labute approximate surface area is 187 Å². The molecule has 1 aliphatic heterocycles. The Morgan fingerprint density at radius 1 is 1.12 bits per heavy atom. The maximum atomic E-state index is 5.80. The summed E-state index contributed by atoms with van der Waals surface area (Å²) in [5.41, 5.74) is 3.15. The highest BCUT2D eigenvalue weighted by Crippen LogP contribution is 2.36. The normalized spacial score (nSPS) is 13.2. The van der Waals surface area contributed by atoms with Crippen LogP contribution in [0.2, 0.25) is 0 Å². The maximum Gasteiger partial charge on any atom is 0.254 e. The van der Waals surface area contributed by atoms with E-state index in [0.717, 1.165) is 47.2 Å². The molecule has 1 aromatic carbocycles. The topological polar surface area (TPSA) is 87.9 Å². The Bertz CT molecular complexity index is 1040. The third-order valence-corrected chi connectivity index (χ3v) is 5.53. The van der Waals surface area contributed by atoms with E-state index in [0.29, 0.717) is 31.4 Å². The number of hydrogen-bond donors (Lipinski definition) is 1. The average molecular weight is 440 g/mol. The van der Waals surface area contributed by atoms with Gasteiger partial charge in [0.25, 0.3) is 5.88 Å². The van der Waals surface area contributed by atoms with E-state index in [-0.39, 0.29) is 6.79 Å². The van der Waals surface area contributed by atoms with Gasteiger partial charge in [-0.3, -0.25) is 0 Å². The number of rotatable bonds is 11. The summed E-state index contributed by atoms with van der Waals surface area (Å²) < 4.78 is 27.4. The molecular weight excluding hydrogens is 410 g/mol. The number of anilines is 1. The molecule has 1 unspecified atom stereocenters. The predicted octanol–water partition coefficient (Wildman–Crippen LogP) is 4.34. The number of benzene rings is 1. The minimum absolute atomic E-state index is 0.279. The van der Waals surface area contributed by atoms with Crippen LogP contribution in [-0.4, -0.2) is 37.7 Å². The van der Waals surface area contributed by atoms with Crippen molar-refractivity contribution < 1.29 is 23.5 Å². The summed E-state index contributed by atoms with van der Waals surface area (Å²) in [6.07, 6.45) is 2.37. The molecule has 170 valence electrons. The van der Waals surface area contributed by atoms with Crippen LogP contribution in [0.15, 0.2) is 40.9 Å². The molecule has 0 bridgehead atoms. The van der Waals surface area contributed by atoms with Crippen molar-refractivity contribution in [3.05, 3.63) is 59.0 Å². The molecule has 1 aliphatic rings. The summed E-state index contributed by atoms with van der Waals surface area (Å²) in [7, 11) is 3.52. The molecule has 1 atom stereocenters. The van der Waals surface area contributed by atoms with Crippen LogP contribution in [0.25, 0.3) is 0 Å². The van der Waals surface area contributed by atoms with Gasteiger partial charge < -0.3 is 28.8 Å². The second-order valence-corrected chi connectivity index (χ2v) is 7.65. The zero-order valence-electron chi connectivity index (χ0n) is 18.7. The minimum Gasteiger partial charge on any atom is -0.475 e. The van der Waals surface area contributed by atoms with Gasteiger partial charge in [0.15, 0.2) is 11.5 Å². The van der Waals surface area contributed by atoms with E-state index < -0.39 is 0 Å². The Morgan fingerprint density at radius 2 is 2.00 bits per heavy atom. The van der Waals surface area contributed by atoms with Gasteiger partial charge in [0, 0.05) is 44.3 Å². The van der Waals surface area contributed by atoms with E-state index >= 15 is 0 Å². The lowest BCUT2D eigenvalue weighted by molar-refractivity contribution is 0.174. The van der Waals surface area contributed by atoms with Crippen LogP contribution in [0.3, 0.4) is 0 Å². The molecule has 4 rings (SSSR count). The van der Waals surface area contributed by atoms with E-state index in [4.69, 9.17) is 23.5 Å². The molecule has 2 aromatic heterocycles. The highest BCUT2D eigenvalue weighted by atomic mass is 16.7. The summed E-state index contributed by atoms with van der Waals surface area (Å²) in [5.74, 6) is 3.99. The van der Waals surface area contributed by atoms with E-state index in [9.17, 15) is 0 Å². The first kappa shape index (κ1) is 22.0. The van der Waals surface area contributed by atoms with Crippen molar-refractivity contribution in [3.63, 3.8) is 0 Å². The molecule has 32 heavy (non-hydrogen) atoms. The van der Waals surface area contributed by atoms with Crippen molar-refractivity contribution in [1.29, 1.82) is 0 Å². The molecule has 8 nitrogen and oxygen atoms in total. The van der Waals surface area contributed by atoms with Crippen molar-refractivity contribution in [2.24, 2.45) is 0 Å². The Morgan fingerprint density at radius 3 is 2.81 bits per heavy atom. The molecule has 1 N–H and O–H groups in total. The first-order valence-electron chi connectivity index (χ1n) is 10.8. The number of ether oxygens (including phenoxy) is 4. The molecule has 0 aliphatic carbocycles. The Kier molecular flexibility index (Phi) is 7.11. The number of pyridine rings is 1. The lowest BCUT2D eigenvalue weighted by atomic mass is 9.92. The second kappa shape index (κ2) is 10.4. The quantitative estimate of drug-likeness (QED) is 0.472. The van der Waals surface area contributed by atoms with E-state index in [1.165, 1.54) is 5.56 Å². The average Bonchev–Trinajstić information content (AvgIpc) is 3.47. The van der Waals surface area contributed by atoms with Gasteiger partial charge in [-0.15, -0.1) is 0 Å². The highest BCUT2D eigenvalue weighted by molar-refractivity contribution is 5.46. The lowest BCUT2D eigenvalue weighted by Gasteiger charge is -2.14. The van der Waals surface area contributed by atoms with Gasteiger partial charge in [-0.2, -0.15) is 0 Å². The molecule has 8 heteroatoms. The van der Waals surface area contributed by atoms with Gasteiger partial charge in [-0.25, -0.2) is 4.98 Å². The second-order valence-electron chi connectivity index (χ2n) is 7.65. The van der Waals surface area contributed by atoms with Crippen molar-refractivity contribution in [2.75, 3.05) is 32.9 Å². The van der Waals surface area contributed by atoms with Crippen molar-refractivity contribution in [2.45, 2.75) is 38.7 Å². The van der Waals surface area contributed by atoms with E-state index in [2.05, 4.69) is 34.5 Å². The van der Waals surface area contributed by atoms with Crippen LogP contribution in [0.4, 0.5) is 5.82 Å². The van der Waals surface area contributed by atoms with Gasteiger partial charge in [0.1, 0.15) is 11.6 Å². The Hall–Kier alpha value is -3.26.